The molecular formula is C25H36N4O2S. The number of thioether (sulfide) groups is 1. The topological polar surface area (TPSA) is 67.2 Å². The minimum atomic E-state index is -0.251. The summed E-state index contributed by atoms with van der Waals surface area (Å²) in [5, 5.41) is 3.47. The monoisotopic (exact) mass is 456 g/mol. The fourth-order valence-electron chi connectivity index (χ4n) is 4.11. The van der Waals surface area contributed by atoms with Crippen molar-refractivity contribution in [3.8, 4) is 0 Å². The number of aryl methyl sites for hydroxylation is 1. The van der Waals surface area contributed by atoms with Crippen LogP contribution in [-0.4, -0.2) is 51.8 Å². The van der Waals surface area contributed by atoms with Crippen LogP contribution in [0, 0.1) is 6.92 Å². The van der Waals surface area contributed by atoms with Crippen LogP contribution >= 0.6 is 11.8 Å². The molecule has 1 unspecified atom stereocenters. The van der Waals surface area contributed by atoms with Crippen LogP contribution in [0.3, 0.4) is 0 Å². The summed E-state index contributed by atoms with van der Waals surface area (Å²) >= 11 is 1.40. The summed E-state index contributed by atoms with van der Waals surface area (Å²) in [5.41, 5.74) is 2.50. The van der Waals surface area contributed by atoms with Crippen molar-refractivity contribution in [3.63, 3.8) is 0 Å². The summed E-state index contributed by atoms with van der Waals surface area (Å²) < 4.78 is 1.60. The molecule has 1 fully saturated rings. The number of hydrogen-bond acceptors (Lipinski definition) is 5. The molecule has 7 heteroatoms. The third-order valence-corrected chi connectivity index (χ3v) is 7.35. The average Bonchev–Trinajstić information content (AvgIpc) is 2.81. The van der Waals surface area contributed by atoms with E-state index in [1.807, 2.05) is 37.3 Å². The van der Waals surface area contributed by atoms with Crippen LogP contribution in [0.2, 0.25) is 0 Å². The molecule has 0 aliphatic carbocycles. The van der Waals surface area contributed by atoms with Gasteiger partial charge in [0, 0.05) is 37.8 Å². The van der Waals surface area contributed by atoms with Gasteiger partial charge in [0.2, 0.25) is 5.91 Å². The van der Waals surface area contributed by atoms with E-state index < -0.39 is 0 Å². The van der Waals surface area contributed by atoms with Gasteiger partial charge < -0.3 is 10.2 Å². The molecular weight excluding hydrogens is 420 g/mol. The Balaban J connectivity index is 1.66. The van der Waals surface area contributed by atoms with Crippen LogP contribution in [0.4, 0.5) is 0 Å². The van der Waals surface area contributed by atoms with Crippen LogP contribution < -0.4 is 10.9 Å². The Morgan fingerprint density at radius 3 is 2.59 bits per heavy atom. The summed E-state index contributed by atoms with van der Waals surface area (Å²) in [6.45, 7) is 7.79. The van der Waals surface area contributed by atoms with E-state index in [1.54, 1.807) is 11.6 Å². The Morgan fingerprint density at radius 1 is 1.19 bits per heavy atom. The molecule has 6 nitrogen and oxygen atoms in total. The maximum absolute atomic E-state index is 13.1. The highest BCUT2D eigenvalue weighted by Crippen LogP contribution is 2.25. The Hall–Kier alpha value is -2.12. The van der Waals surface area contributed by atoms with Crippen molar-refractivity contribution in [3.05, 3.63) is 57.5 Å². The van der Waals surface area contributed by atoms with Crippen LogP contribution in [-0.2, 0) is 18.3 Å². The highest BCUT2D eigenvalue weighted by molar-refractivity contribution is 8.00. The van der Waals surface area contributed by atoms with E-state index in [4.69, 9.17) is 4.98 Å². The Labute approximate surface area is 195 Å². The van der Waals surface area contributed by atoms with Crippen molar-refractivity contribution in [2.24, 2.45) is 7.05 Å². The summed E-state index contributed by atoms with van der Waals surface area (Å²) in [4.78, 5) is 33.1. The van der Waals surface area contributed by atoms with Crippen LogP contribution in [0.25, 0.3) is 0 Å². The number of nitrogens with one attached hydrogen (secondary N) is 1. The molecule has 2 aromatic rings. The molecule has 1 aliphatic rings. The van der Waals surface area contributed by atoms with E-state index in [9.17, 15) is 9.59 Å². The molecule has 174 valence electrons. The van der Waals surface area contributed by atoms with Gasteiger partial charge in [-0.2, -0.15) is 0 Å². The highest BCUT2D eigenvalue weighted by atomic mass is 32.2. The second-order valence-electron chi connectivity index (χ2n) is 8.57. The zero-order chi connectivity index (χ0) is 22.9. The molecule has 0 spiro atoms. The Morgan fingerprint density at radius 2 is 1.91 bits per heavy atom. The van der Waals surface area contributed by atoms with Crippen molar-refractivity contribution >= 4 is 17.7 Å². The van der Waals surface area contributed by atoms with E-state index in [2.05, 4.69) is 17.1 Å². The predicted molar refractivity (Wildman–Crippen MR) is 131 cm³/mol. The SMILES string of the molecule is CCCC(Sc1nc(C)c(Cc2ccccc2)c(=O)n1C)C(=O)NCCN1CCCCC1. The second kappa shape index (κ2) is 12.2. The van der Waals surface area contributed by atoms with Crippen molar-refractivity contribution in [2.45, 2.75) is 62.8 Å². The van der Waals surface area contributed by atoms with Gasteiger partial charge in [-0.15, -0.1) is 0 Å². The average molecular weight is 457 g/mol. The fourth-order valence-corrected chi connectivity index (χ4v) is 5.34. The van der Waals surface area contributed by atoms with Gasteiger partial charge in [-0.05, 0) is 44.8 Å². The number of aromatic nitrogens is 2. The molecule has 1 N–H and O–H groups in total. The van der Waals surface area contributed by atoms with Crippen molar-refractivity contribution in [1.82, 2.24) is 19.8 Å². The summed E-state index contributed by atoms with van der Waals surface area (Å²) in [6, 6.07) is 9.97. The zero-order valence-corrected chi connectivity index (χ0v) is 20.4. The largest absolute Gasteiger partial charge is 0.354 e. The van der Waals surface area contributed by atoms with Crippen molar-refractivity contribution < 1.29 is 4.79 Å². The number of hydrogen-bond donors (Lipinski definition) is 1. The molecule has 1 saturated heterocycles. The normalized spacial score (nSPS) is 15.5. The molecule has 0 saturated carbocycles. The fraction of sp³-hybridized carbons (Fsp3) is 0.560. The quantitative estimate of drug-likeness (QED) is 0.438. The summed E-state index contributed by atoms with van der Waals surface area (Å²) in [7, 11) is 1.75. The first-order valence-electron chi connectivity index (χ1n) is 11.8. The Bertz CT molecular complexity index is 939. The molecule has 1 aliphatic heterocycles. The lowest BCUT2D eigenvalue weighted by Gasteiger charge is -2.26. The molecule has 0 radical (unpaired) electrons. The first kappa shape index (κ1) is 24.5. The van der Waals surface area contributed by atoms with Gasteiger partial charge in [0.05, 0.1) is 5.25 Å². The lowest BCUT2D eigenvalue weighted by atomic mass is 10.1. The number of piperidine rings is 1. The first-order chi connectivity index (χ1) is 15.5. The number of nitrogens with zero attached hydrogens (tertiary/aromatic N) is 3. The van der Waals surface area contributed by atoms with Gasteiger partial charge in [-0.25, -0.2) is 4.98 Å². The third kappa shape index (κ3) is 6.69. The number of amides is 1. The second-order valence-corrected chi connectivity index (χ2v) is 9.74. The molecule has 1 atom stereocenters. The summed E-state index contributed by atoms with van der Waals surface area (Å²) in [5.74, 6) is 0.0362. The third-order valence-electron chi connectivity index (χ3n) is 6.04. The van der Waals surface area contributed by atoms with Crippen molar-refractivity contribution in [2.75, 3.05) is 26.2 Å². The standard InChI is InChI=1S/C25H36N4O2S/c1-4-11-22(23(30)26-14-17-29-15-9-6-10-16-29)32-25-27-19(2)21(24(31)28(25)3)18-20-12-7-5-8-13-20/h5,7-8,12-13,22H,4,6,9-11,14-18H2,1-3H3,(H,26,30). The van der Waals surface area contributed by atoms with E-state index >= 15 is 0 Å². The molecule has 1 aromatic heterocycles. The maximum atomic E-state index is 13.1. The van der Waals surface area contributed by atoms with Crippen LogP contribution in [0.1, 0.15) is 55.8 Å². The van der Waals surface area contributed by atoms with Crippen LogP contribution in [0.15, 0.2) is 40.3 Å². The zero-order valence-electron chi connectivity index (χ0n) is 19.6. The van der Waals surface area contributed by atoms with Gasteiger partial charge in [0.25, 0.3) is 5.56 Å². The minimum Gasteiger partial charge on any atom is -0.354 e. The maximum Gasteiger partial charge on any atom is 0.257 e. The smallest absolute Gasteiger partial charge is 0.257 e. The Kier molecular flexibility index (Phi) is 9.36. The van der Waals surface area contributed by atoms with Gasteiger partial charge in [0.1, 0.15) is 0 Å². The number of carbonyl (C=O) groups excluding carboxylic acids is 1. The number of likely N-dealkylation sites (tertiary alicyclic amines) is 1. The molecule has 1 amide bonds. The molecule has 3 rings (SSSR count). The van der Waals surface area contributed by atoms with Gasteiger partial charge in [0.15, 0.2) is 5.16 Å². The molecule has 0 bridgehead atoms. The number of benzene rings is 1. The van der Waals surface area contributed by atoms with E-state index in [0.29, 0.717) is 23.7 Å². The first-order valence-corrected chi connectivity index (χ1v) is 12.6. The lowest BCUT2D eigenvalue weighted by Crippen LogP contribution is -2.40. The van der Waals surface area contributed by atoms with E-state index in [1.165, 1.54) is 31.0 Å². The number of carbonyl (C=O) groups is 1. The van der Waals surface area contributed by atoms with E-state index in [0.717, 1.165) is 43.7 Å². The molecule has 2 heterocycles. The van der Waals surface area contributed by atoms with Gasteiger partial charge in [-0.1, -0.05) is 61.9 Å². The van der Waals surface area contributed by atoms with Crippen molar-refractivity contribution in [1.29, 1.82) is 0 Å². The van der Waals surface area contributed by atoms with Crippen LogP contribution in [0.5, 0.6) is 0 Å². The van der Waals surface area contributed by atoms with Gasteiger partial charge in [-0.3, -0.25) is 14.2 Å². The highest BCUT2D eigenvalue weighted by Gasteiger charge is 2.23. The predicted octanol–water partition coefficient (Wildman–Crippen LogP) is 3.54. The molecule has 1 aromatic carbocycles. The molecule has 32 heavy (non-hydrogen) atoms. The summed E-state index contributed by atoms with van der Waals surface area (Å²) in [6.07, 6.45) is 6.03. The lowest BCUT2D eigenvalue weighted by molar-refractivity contribution is -0.120. The number of rotatable bonds is 10. The van der Waals surface area contributed by atoms with E-state index in [-0.39, 0.29) is 16.7 Å². The van der Waals surface area contributed by atoms with Gasteiger partial charge >= 0.3 is 0 Å². The minimum absolute atomic E-state index is 0.0362.